The van der Waals surface area contributed by atoms with Gasteiger partial charge < -0.3 is 0 Å². The van der Waals surface area contributed by atoms with Crippen LogP contribution in [0.5, 0.6) is 0 Å². The molecule has 0 aliphatic carbocycles. The quantitative estimate of drug-likeness (QED) is 0.363. The van der Waals surface area contributed by atoms with Gasteiger partial charge in [-0.15, -0.1) is 49.6 Å². The van der Waals surface area contributed by atoms with Gasteiger partial charge in [-0.3, -0.25) is 0 Å². The van der Waals surface area contributed by atoms with Crippen molar-refractivity contribution in [3.8, 4) is 0 Å². The van der Waals surface area contributed by atoms with Gasteiger partial charge in [-0.25, -0.2) is 0 Å². The summed E-state index contributed by atoms with van der Waals surface area (Å²) in [5.41, 5.74) is 0. The molecule has 0 N–H and O–H groups in total. The highest BCUT2D eigenvalue weighted by Crippen LogP contribution is 2.28. The van der Waals surface area contributed by atoms with Gasteiger partial charge in [-0.1, -0.05) is 12.7 Å². The molecule has 0 bridgehead atoms. The van der Waals surface area contributed by atoms with Crippen molar-refractivity contribution in [2.75, 3.05) is 5.75 Å². The lowest BCUT2D eigenvalue weighted by atomic mass is 10.0. The second kappa shape index (κ2) is 6.89. The number of hydrogen-bond acceptors (Lipinski definition) is 4. The summed E-state index contributed by atoms with van der Waals surface area (Å²) in [7, 11) is 2.17. The Bertz CT molecular complexity index is 119. The summed E-state index contributed by atoms with van der Waals surface area (Å²) in [6, 6.07) is 0. The van der Waals surface area contributed by atoms with Crippen molar-refractivity contribution in [1.29, 1.82) is 0 Å². The molecule has 0 heterocycles. The number of hydrogen-bond donors (Lipinski definition) is 3. The Morgan fingerprint density at radius 1 is 1.30 bits per heavy atom. The molecule has 0 spiro atoms. The molecule has 10 heavy (non-hydrogen) atoms. The lowest BCUT2D eigenvalue weighted by Gasteiger charge is -1.99. The summed E-state index contributed by atoms with van der Waals surface area (Å²) in [5.74, 6) is 1.11. The topological polar surface area (TPSA) is 0 Å². The maximum absolute atomic E-state index is 4.19. The standard InChI is InChI=1S/C5H11BS4/c6-2-1-3-10-5(9)4(7)8/h7-9H,1-3,6H2. The van der Waals surface area contributed by atoms with E-state index in [-0.39, 0.29) is 0 Å². The van der Waals surface area contributed by atoms with E-state index in [9.17, 15) is 0 Å². The lowest BCUT2D eigenvalue weighted by molar-refractivity contribution is 1.10. The van der Waals surface area contributed by atoms with Crippen molar-refractivity contribution in [3.63, 3.8) is 0 Å². The first kappa shape index (κ1) is 11.2. The third kappa shape index (κ3) is 5.95. The first-order valence-electron chi connectivity index (χ1n) is 3.12. The SMILES string of the molecule is BCCCSC(S)=C(S)S. The van der Waals surface area contributed by atoms with Gasteiger partial charge in [-0.05, 0) is 5.75 Å². The Kier molecular flexibility index (Phi) is 7.72. The zero-order valence-corrected chi connectivity index (χ0v) is 9.37. The average Bonchev–Trinajstić information content (AvgIpc) is 1.88. The predicted octanol–water partition coefficient (Wildman–Crippen LogP) is 2.08. The zero-order chi connectivity index (χ0) is 7.98. The van der Waals surface area contributed by atoms with Crippen LogP contribution in [-0.4, -0.2) is 13.6 Å². The molecule has 0 aliphatic heterocycles. The summed E-state index contributed by atoms with van der Waals surface area (Å²) in [6.45, 7) is 0. The van der Waals surface area contributed by atoms with E-state index in [1.807, 2.05) is 0 Å². The molecule has 0 radical (unpaired) electrons. The van der Waals surface area contributed by atoms with Crippen molar-refractivity contribution < 1.29 is 0 Å². The Hall–Kier alpha value is 1.20. The van der Waals surface area contributed by atoms with E-state index in [0.29, 0.717) is 4.24 Å². The molecule has 0 rings (SSSR count). The van der Waals surface area contributed by atoms with Gasteiger partial charge in [0.2, 0.25) is 0 Å². The number of thioether (sulfide) groups is 1. The van der Waals surface area contributed by atoms with Gasteiger partial charge in [0, 0.05) is 0 Å². The van der Waals surface area contributed by atoms with Gasteiger partial charge in [0.1, 0.15) is 7.85 Å². The molecular weight excluding hydrogens is 199 g/mol. The Morgan fingerprint density at radius 3 is 2.30 bits per heavy atom. The van der Waals surface area contributed by atoms with Crippen LogP contribution in [0.2, 0.25) is 6.32 Å². The van der Waals surface area contributed by atoms with Crippen LogP contribution in [0, 0.1) is 0 Å². The fraction of sp³-hybridized carbons (Fsp3) is 0.600. The summed E-state index contributed by atoms with van der Waals surface area (Å²) in [6.07, 6.45) is 2.45. The highest BCUT2D eigenvalue weighted by molar-refractivity contribution is 8.18. The Morgan fingerprint density at radius 2 is 1.90 bits per heavy atom. The molecule has 58 valence electrons. The van der Waals surface area contributed by atoms with E-state index in [1.54, 1.807) is 11.8 Å². The second-order valence-electron chi connectivity index (χ2n) is 1.83. The zero-order valence-electron chi connectivity index (χ0n) is 5.87. The van der Waals surface area contributed by atoms with Crippen LogP contribution >= 0.6 is 49.6 Å². The highest BCUT2D eigenvalue weighted by Gasteiger charge is 1.94. The van der Waals surface area contributed by atoms with Crippen molar-refractivity contribution in [2.24, 2.45) is 0 Å². The molecular formula is C5H11BS4. The highest BCUT2D eigenvalue weighted by atomic mass is 32.2. The maximum atomic E-state index is 4.19. The summed E-state index contributed by atoms with van der Waals surface area (Å²) in [5, 5.41) is 0. The molecule has 0 saturated heterocycles. The van der Waals surface area contributed by atoms with Gasteiger partial charge in [0.15, 0.2) is 0 Å². The first-order valence-corrected chi connectivity index (χ1v) is 5.45. The van der Waals surface area contributed by atoms with E-state index >= 15 is 0 Å². The molecule has 0 amide bonds. The second-order valence-corrected chi connectivity index (χ2v) is 4.93. The molecule has 0 aromatic heterocycles. The van der Waals surface area contributed by atoms with Crippen LogP contribution in [0.1, 0.15) is 6.42 Å². The number of thiol groups is 3. The fourth-order valence-electron chi connectivity index (χ4n) is 0.378. The maximum Gasteiger partial charge on any atom is 0.101 e. The average molecular weight is 210 g/mol. The van der Waals surface area contributed by atoms with Gasteiger partial charge in [-0.2, -0.15) is 0 Å². The molecule has 0 aromatic carbocycles. The largest absolute Gasteiger partial charge is 0.135 e. The van der Waals surface area contributed by atoms with Crippen molar-refractivity contribution >= 4 is 57.5 Å². The van der Waals surface area contributed by atoms with Crippen molar-refractivity contribution in [1.82, 2.24) is 0 Å². The molecule has 0 atom stereocenters. The van der Waals surface area contributed by atoms with E-state index in [4.69, 9.17) is 0 Å². The minimum atomic E-state index is 0.712. The van der Waals surface area contributed by atoms with E-state index < -0.39 is 0 Å². The fourth-order valence-corrected chi connectivity index (χ4v) is 1.79. The number of rotatable bonds is 4. The van der Waals surface area contributed by atoms with Gasteiger partial charge >= 0.3 is 0 Å². The third-order valence-electron chi connectivity index (χ3n) is 0.928. The third-order valence-corrected chi connectivity index (χ3v) is 3.61. The van der Waals surface area contributed by atoms with Crippen LogP contribution < -0.4 is 0 Å². The summed E-state index contributed by atoms with van der Waals surface area (Å²) in [4.78, 5) is 0. The van der Waals surface area contributed by atoms with E-state index in [2.05, 4.69) is 45.7 Å². The monoisotopic (exact) mass is 210 g/mol. The van der Waals surface area contributed by atoms with Crippen LogP contribution in [0.3, 0.4) is 0 Å². The van der Waals surface area contributed by atoms with Gasteiger partial charge in [0.05, 0.1) is 8.47 Å². The van der Waals surface area contributed by atoms with Crippen molar-refractivity contribution in [3.05, 3.63) is 8.47 Å². The van der Waals surface area contributed by atoms with Crippen LogP contribution in [0.25, 0.3) is 0 Å². The van der Waals surface area contributed by atoms with E-state index in [0.717, 1.165) is 9.99 Å². The van der Waals surface area contributed by atoms with Gasteiger partial charge in [0.25, 0.3) is 0 Å². The Balaban J connectivity index is 3.40. The molecule has 0 nitrogen and oxygen atoms in total. The molecule has 0 unspecified atom stereocenters. The lowest BCUT2D eigenvalue weighted by Crippen LogP contribution is -1.77. The molecule has 0 saturated carbocycles. The molecule has 5 heteroatoms. The minimum Gasteiger partial charge on any atom is -0.135 e. The Labute approximate surface area is 84.2 Å². The van der Waals surface area contributed by atoms with Crippen LogP contribution in [0.15, 0.2) is 8.47 Å². The molecule has 0 aromatic rings. The molecule has 0 fully saturated rings. The van der Waals surface area contributed by atoms with Crippen LogP contribution in [0.4, 0.5) is 0 Å². The normalized spacial score (nSPS) is 9.50. The predicted molar refractivity (Wildman–Crippen MR) is 64.4 cm³/mol. The van der Waals surface area contributed by atoms with E-state index in [1.165, 1.54) is 12.7 Å². The van der Waals surface area contributed by atoms with Crippen molar-refractivity contribution in [2.45, 2.75) is 12.7 Å². The summed E-state index contributed by atoms with van der Waals surface area (Å²) >= 11 is 14.0. The molecule has 0 aliphatic rings. The first-order chi connectivity index (χ1) is 4.68. The van der Waals surface area contributed by atoms with Crippen LogP contribution in [-0.2, 0) is 0 Å². The smallest absolute Gasteiger partial charge is 0.101 e. The minimum absolute atomic E-state index is 0.712. The summed E-state index contributed by atoms with van der Waals surface area (Å²) < 4.78 is 1.63.